The van der Waals surface area contributed by atoms with Gasteiger partial charge in [-0.1, -0.05) is 36.4 Å². The van der Waals surface area contributed by atoms with Crippen molar-refractivity contribution >= 4 is 0 Å². The minimum absolute atomic E-state index is 0.0589. The molecular weight excluding hydrogens is 329 g/mol. The van der Waals surface area contributed by atoms with Crippen molar-refractivity contribution in [2.24, 2.45) is 0 Å². The van der Waals surface area contributed by atoms with Crippen molar-refractivity contribution in [1.29, 1.82) is 0 Å². The highest BCUT2D eigenvalue weighted by molar-refractivity contribution is 5.32. The number of benzene rings is 2. The SMILES string of the molecule is COC(c1ccccc1F)C(C)NCc1cn(-c2ccccc2)nc1C. The van der Waals surface area contributed by atoms with Gasteiger partial charge < -0.3 is 10.1 Å². The first-order chi connectivity index (χ1) is 12.6. The van der Waals surface area contributed by atoms with E-state index in [2.05, 4.69) is 10.4 Å². The maximum Gasteiger partial charge on any atom is 0.129 e. The average Bonchev–Trinajstić information content (AvgIpc) is 3.03. The van der Waals surface area contributed by atoms with Gasteiger partial charge in [0, 0.05) is 37.0 Å². The summed E-state index contributed by atoms with van der Waals surface area (Å²) in [6, 6.07) is 16.7. The Bertz CT molecular complexity index is 847. The van der Waals surface area contributed by atoms with Crippen LogP contribution in [0.15, 0.2) is 60.8 Å². The Morgan fingerprint density at radius 2 is 1.81 bits per heavy atom. The van der Waals surface area contributed by atoms with Crippen LogP contribution in [0.2, 0.25) is 0 Å². The predicted octanol–water partition coefficient (Wildman–Crippen LogP) is 4.19. The number of halogens is 1. The fraction of sp³-hybridized carbons (Fsp3) is 0.286. The van der Waals surface area contributed by atoms with Gasteiger partial charge in [0.1, 0.15) is 5.82 Å². The van der Waals surface area contributed by atoms with Crippen molar-refractivity contribution in [3.8, 4) is 5.69 Å². The molecule has 0 aliphatic carbocycles. The van der Waals surface area contributed by atoms with Gasteiger partial charge in [0.2, 0.25) is 0 Å². The van der Waals surface area contributed by atoms with Crippen molar-refractivity contribution in [2.45, 2.75) is 32.5 Å². The van der Waals surface area contributed by atoms with Crippen LogP contribution in [0, 0.1) is 12.7 Å². The largest absolute Gasteiger partial charge is 0.375 e. The standard InChI is InChI=1S/C21H24FN3O/c1-15-17(14-25(24-15)18-9-5-4-6-10-18)13-23-16(2)21(26-3)19-11-7-8-12-20(19)22/h4-12,14,16,21,23H,13H2,1-3H3. The van der Waals surface area contributed by atoms with Crippen LogP contribution in [-0.4, -0.2) is 22.9 Å². The van der Waals surface area contributed by atoms with Crippen molar-refractivity contribution in [2.75, 3.05) is 7.11 Å². The molecule has 4 nitrogen and oxygen atoms in total. The van der Waals surface area contributed by atoms with Gasteiger partial charge in [-0.05, 0) is 32.0 Å². The zero-order valence-electron chi connectivity index (χ0n) is 15.3. The lowest BCUT2D eigenvalue weighted by atomic mass is 10.0. The Morgan fingerprint density at radius 1 is 1.12 bits per heavy atom. The number of nitrogens with zero attached hydrogens (tertiary/aromatic N) is 2. The maximum absolute atomic E-state index is 14.1. The summed E-state index contributed by atoms with van der Waals surface area (Å²) in [6.45, 7) is 4.62. The molecule has 3 rings (SSSR count). The van der Waals surface area contributed by atoms with E-state index in [0.717, 1.165) is 16.9 Å². The molecule has 0 radical (unpaired) electrons. The van der Waals surface area contributed by atoms with Gasteiger partial charge in [0.05, 0.1) is 17.5 Å². The minimum atomic E-state index is -0.360. The van der Waals surface area contributed by atoms with Gasteiger partial charge in [0.25, 0.3) is 0 Å². The van der Waals surface area contributed by atoms with Gasteiger partial charge in [0.15, 0.2) is 0 Å². The van der Waals surface area contributed by atoms with Crippen LogP contribution in [0.25, 0.3) is 5.69 Å². The first kappa shape index (κ1) is 18.3. The van der Waals surface area contributed by atoms with Crippen LogP contribution < -0.4 is 5.32 Å². The van der Waals surface area contributed by atoms with Gasteiger partial charge >= 0.3 is 0 Å². The van der Waals surface area contributed by atoms with Gasteiger partial charge in [-0.3, -0.25) is 0 Å². The van der Waals surface area contributed by atoms with Crippen LogP contribution in [0.3, 0.4) is 0 Å². The monoisotopic (exact) mass is 353 g/mol. The number of rotatable bonds is 7. The van der Waals surface area contributed by atoms with Gasteiger partial charge in [-0.15, -0.1) is 0 Å². The van der Waals surface area contributed by atoms with E-state index in [1.165, 1.54) is 6.07 Å². The van der Waals surface area contributed by atoms with Crippen LogP contribution >= 0.6 is 0 Å². The number of aryl methyl sites for hydroxylation is 1. The van der Waals surface area contributed by atoms with Crippen molar-refractivity contribution < 1.29 is 9.13 Å². The van der Waals surface area contributed by atoms with Gasteiger partial charge in [-0.2, -0.15) is 5.10 Å². The van der Waals surface area contributed by atoms with E-state index in [1.807, 2.05) is 61.1 Å². The number of methoxy groups -OCH3 is 1. The van der Waals surface area contributed by atoms with E-state index < -0.39 is 0 Å². The van der Waals surface area contributed by atoms with Crippen LogP contribution in [-0.2, 0) is 11.3 Å². The van der Waals surface area contributed by atoms with Crippen LogP contribution in [0.5, 0.6) is 0 Å². The third kappa shape index (κ3) is 4.00. The molecule has 0 aliphatic heterocycles. The Labute approximate surface area is 153 Å². The number of para-hydroxylation sites is 1. The average molecular weight is 353 g/mol. The molecule has 0 fully saturated rings. The van der Waals surface area contributed by atoms with E-state index in [1.54, 1.807) is 19.2 Å². The van der Waals surface area contributed by atoms with Crippen molar-refractivity contribution in [1.82, 2.24) is 15.1 Å². The lowest BCUT2D eigenvalue weighted by molar-refractivity contribution is 0.0700. The Kier molecular flexibility index (Phi) is 5.81. The molecule has 0 saturated heterocycles. The second-order valence-electron chi connectivity index (χ2n) is 6.37. The fourth-order valence-electron chi connectivity index (χ4n) is 3.07. The topological polar surface area (TPSA) is 39.1 Å². The Hall–Kier alpha value is -2.50. The number of hydrogen-bond acceptors (Lipinski definition) is 3. The van der Waals surface area contributed by atoms with Gasteiger partial charge in [-0.25, -0.2) is 9.07 Å². The Morgan fingerprint density at radius 3 is 2.50 bits per heavy atom. The van der Waals surface area contributed by atoms with E-state index >= 15 is 0 Å². The molecule has 2 unspecified atom stereocenters. The number of hydrogen-bond donors (Lipinski definition) is 1. The molecular formula is C21H24FN3O. The third-order valence-electron chi connectivity index (χ3n) is 4.56. The molecule has 2 atom stereocenters. The number of nitrogens with one attached hydrogen (secondary N) is 1. The van der Waals surface area contributed by atoms with Crippen LogP contribution in [0.1, 0.15) is 29.8 Å². The zero-order valence-corrected chi connectivity index (χ0v) is 15.3. The molecule has 0 aliphatic rings. The summed E-state index contributed by atoms with van der Waals surface area (Å²) in [6.07, 6.45) is 1.66. The first-order valence-electron chi connectivity index (χ1n) is 8.71. The summed E-state index contributed by atoms with van der Waals surface area (Å²) < 4.78 is 21.5. The third-order valence-corrected chi connectivity index (χ3v) is 4.56. The normalized spacial score (nSPS) is 13.5. The first-order valence-corrected chi connectivity index (χ1v) is 8.71. The molecule has 1 aromatic heterocycles. The molecule has 2 aromatic carbocycles. The lowest BCUT2D eigenvalue weighted by Gasteiger charge is -2.24. The summed E-state index contributed by atoms with van der Waals surface area (Å²) in [7, 11) is 1.61. The highest BCUT2D eigenvalue weighted by Crippen LogP contribution is 2.23. The predicted molar refractivity (Wildman–Crippen MR) is 101 cm³/mol. The molecule has 5 heteroatoms. The molecule has 0 amide bonds. The second-order valence-corrected chi connectivity index (χ2v) is 6.37. The maximum atomic E-state index is 14.1. The molecule has 0 saturated carbocycles. The van der Waals surface area contributed by atoms with Crippen LogP contribution in [0.4, 0.5) is 4.39 Å². The highest BCUT2D eigenvalue weighted by atomic mass is 19.1. The fourth-order valence-corrected chi connectivity index (χ4v) is 3.07. The molecule has 1 N–H and O–H groups in total. The summed E-state index contributed by atoms with van der Waals surface area (Å²) in [5.74, 6) is -0.249. The highest BCUT2D eigenvalue weighted by Gasteiger charge is 2.22. The minimum Gasteiger partial charge on any atom is -0.375 e. The molecule has 136 valence electrons. The van der Waals surface area contributed by atoms with Crippen molar-refractivity contribution in [3.63, 3.8) is 0 Å². The molecule has 26 heavy (non-hydrogen) atoms. The smallest absolute Gasteiger partial charge is 0.129 e. The Balaban J connectivity index is 1.70. The van der Waals surface area contributed by atoms with E-state index in [-0.39, 0.29) is 18.0 Å². The molecule has 0 bridgehead atoms. The molecule has 0 spiro atoms. The number of aromatic nitrogens is 2. The van der Waals surface area contributed by atoms with E-state index in [4.69, 9.17) is 4.74 Å². The van der Waals surface area contributed by atoms with E-state index in [9.17, 15) is 4.39 Å². The molecule has 3 aromatic rings. The quantitative estimate of drug-likeness (QED) is 0.692. The summed E-state index contributed by atoms with van der Waals surface area (Å²) >= 11 is 0. The molecule has 1 heterocycles. The summed E-state index contributed by atoms with van der Waals surface area (Å²) in [5, 5.41) is 8.02. The zero-order chi connectivity index (χ0) is 18.5. The summed E-state index contributed by atoms with van der Waals surface area (Å²) in [4.78, 5) is 0. The lowest BCUT2D eigenvalue weighted by Crippen LogP contribution is -2.33. The second kappa shape index (κ2) is 8.25. The summed E-state index contributed by atoms with van der Waals surface area (Å²) in [5.41, 5.74) is 3.65. The van der Waals surface area contributed by atoms with E-state index in [0.29, 0.717) is 12.1 Å². The number of ether oxygens (including phenoxy) is 1. The van der Waals surface area contributed by atoms with Crippen molar-refractivity contribution in [3.05, 3.63) is 83.4 Å².